The second kappa shape index (κ2) is 6.33. The Hall–Kier alpha value is -0.450. The fourth-order valence-corrected chi connectivity index (χ4v) is 2.36. The highest BCUT2D eigenvalue weighted by Crippen LogP contribution is 2.18. The van der Waals surface area contributed by atoms with Gasteiger partial charge in [0.2, 0.25) is 0 Å². The lowest BCUT2D eigenvalue weighted by Gasteiger charge is -2.29. The van der Waals surface area contributed by atoms with Crippen LogP contribution in [-0.2, 0) is 6.54 Å². The summed E-state index contributed by atoms with van der Waals surface area (Å²) in [5.41, 5.74) is 2.16. The predicted molar refractivity (Wildman–Crippen MR) is 68.5 cm³/mol. The minimum absolute atomic E-state index is 0.267. The SMILES string of the molecule is CC(C)(C)CN(CCCO)Cc1cncs1. The molecular weight excluding hydrogens is 220 g/mol. The third-order valence-electron chi connectivity index (χ3n) is 2.19. The van der Waals surface area contributed by atoms with Crippen molar-refractivity contribution in [2.45, 2.75) is 33.7 Å². The average Bonchev–Trinajstić information content (AvgIpc) is 2.64. The zero-order valence-electron chi connectivity index (χ0n) is 10.4. The lowest BCUT2D eigenvalue weighted by molar-refractivity contribution is 0.167. The minimum Gasteiger partial charge on any atom is -0.396 e. The summed E-state index contributed by atoms with van der Waals surface area (Å²) in [6.07, 6.45) is 2.77. The van der Waals surface area contributed by atoms with E-state index in [2.05, 4.69) is 30.7 Å². The number of thiazole rings is 1. The van der Waals surface area contributed by atoms with Crippen molar-refractivity contribution in [2.24, 2.45) is 5.41 Å². The van der Waals surface area contributed by atoms with E-state index >= 15 is 0 Å². The van der Waals surface area contributed by atoms with E-state index in [1.54, 1.807) is 11.3 Å². The quantitative estimate of drug-likeness (QED) is 0.832. The van der Waals surface area contributed by atoms with Gasteiger partial charge in [-0.05, 0) is 11.8 Å². The zero-order chi connectivity index (χ0) is 12.0. The molecule has 0 unspecified atom stereocenters. The first kappa shape index (κ1) is 13.6. The summed E-state index contributed by atoms with van der Waals surface area (Å²) in [5, 5.41) is 8.90. The Bertz CT molecular complexity index is 280. The number of hydrogen-bond donors (Lipinski definition) is 1. The molecule has 1 aromatic rings. The molecule has 0 aromatic carbocycles. The van der Waals surface area contributed by atoms with Gasteiger partial charge in [-0.2, -0.15) is 0 Å². The fourth-order valence-electron chi connectivity index (χ4n) is 1.72. The molecule has 16 heavy (non-hydrogen) atoms. The molecule has 0 aliphatic rings. The molecule has 0 radical (unpaired) electrons. The van der Waals surface area contributed by atoms with Crippen LogP contribution in [0.4, 0.5) is 0 Å². The van der Waals surface area contributed by atoms with Crippen LogP contribution in [0.5, 0.6) is 0 Å². The molecule has 0 fully saturated rings. The molecule has 1 N–H and O–H groups in total. The summed E-state index contributed by atoms with van der Waals surface area (Å²) < 4.78 is 0. The molecule has 92 valence electrons. The first-order chi connectivity index (χ1) is 7.51. The van der Waals surface area contributed by atoms with Gasteiger partial charge in [-0.15, -0.1) is 11.3 Å². The molecule has 0 spiro atoms. The monoisotopic (exact) mass is 242 g/mol. The first-order valence-electron chi connectivity index (χ1n) is 5.72. The molecule has 0 saturated heterocycles. The normalized spacial score (nSPS) is 12.3. The van der Waals surface area contributed by atoms with E-state index < -0.39 is 0 Å². The molecule has 0 atom stereocenters. The molecule has 0 amide bonds. The van der Waals surface area contributed by atoms with Crippen LogP contribution in [-0.4, -0.2) is 34.7 Å². The summed E-state index contributed by atoms with van der Waals surface area (Å²) in [6, 6.07) is 0. The third-order valence-corrected chi connectivity index (χ3v) is 2.96. The van der Waals surface area contributed by atoms with Gasteiger partial charge in [-0.3, -0.25) is 9.88 Å². The molecule has 1 rings (SSSR count). The Kier molecular flexibility index (Phi) is 5.38. The Labute approximate surface area is 102 Å². The van der Waals surface area contributed by atoms with Crippen LogP contribution in [0.3, 0.4) is 0 Å². The summed E-state index contributed by atoms with van der Waals surface area (Å²) in [5.74, 6) is 0. The maximum atomic E-state index is 8.90. The highest BCUT2D eigenvalue weighted by atomic mass is 32.1. The molecule has 4 heteroatoms. The number of hydrogen-bond acceptors (Lipinski definition) is 4. The average molecular weight is 242 g/mol. The molecule has 1 heterocycles. The van der Waals surface area contributed by atoms with Crippen LogP contribution >= 0.6 is 11.3 Å². The number of aliphatic hydroxyl groups excluding tert-OH is 1. The van der Waals surface area contributed by atoms with Crippen molar-refractivity contribution in [3.8, 4) is 0 Å². The van der Waals surface area contributed by atoms with Crippen molar-refractivity contribution in [2.75, 3.05) is 19.7 Å². The van der Waals surface area contributed by atoms with Gasteiger partial charge in [0.05, 0.1) is 5.51 Å². The smallest absolute Gasteiger partial charge is 0.0794 e. The van der Waals surface area contributed by atoms with Crippen LogP contribution < -0.4 is 0 Å². The van der Waals surface area contributed by atoms with Crippen LogP contribution in [0.15, 0.2) is 11.7 Å². The maximum Gasteiger partial charge on any atom is 0.0794 e. The second-order valence-corrected chi connectivity index (χ2v) is 6.29. The fraction of sp³-hybridized carbons (Fsp3) is 0.750. The van der Waals surface area contributed by atoms with Gasteiger partial charge in [-0.1, -0.05) is 20.8 Å². The van der Waals surface area contributed by atoms with Crippen molar-refractivity contribution in [3.63, 3.8) is 0 Å². The maximum absolute atomic E-state index is 8.90. The zero-order valence-corrected chi connectivity index (χ0v) is 11.3. The van der Waals surface area contributed by atoms with Crippen LogP contribution in [0.1, 0.15) is 32.1 Å². The van der Waals surface area contributed by atoms with Crippen molar-refractivity contribution in [1.29, 1.82) is 0 Å². The van der Waals surface area contributed by atoms with Crippen LogP contribution in [0.2, 0.25) is 0 Å². The highest BCUT2D eigenvalue weighted by molar-refractivity contribution is 7.09. The molecular formula is C12H22N2OS. The van der Waals surface area contributed by atoms with E-state index in [0.29, 0.717) is 5.41 Å². The van der Waals surface area contributed by atoms with E-state index in [1.807, 2.05) is 11.7 Å². The molecule has 1 aromatic heterocycles. The van der Waals surface area contributed by atoms with E-state index in [1.165, 1.54) is 4.88 Å². The van der Waals surface area contributed by atoms with Gasteiger partial charge in [0, 0.05) is 37.3 Å². The van der Waals surface area contributed by atoms with Crippen molar-refractivity contribution >= 4 is 11.3 Å². The van der Waals surface area contributed by atoms with E-state index in [9.17, 15) is 0 Å². The lowest BCUT2D eigenvalue weighted by atomic mass is 9.96. The Morgan fingerprint density at radius 3 is 2.69 bits per heavy atom. The Balaban J connectivity index is 2.50. The van der Waals surface area contributed by atoms with Gasteiger partial charge >= 0.3 is 0 Å². The summed E-state index contributed by atoms with van der Waals surface area (Å²) in [4.78, 5) is 7.78. The molecule has 0 aliphatic heterocycles. The molecule has 3 nitrogen and oxygen atoms in total. The van der Waals surface area contributed by atoms with Gasteiger partial charge in [0.25, 0.3) is 0 Å². The van der Waals surface area contributed by atoms with Crippen LogP contribution in [0.25, 0.3) is 0 Å². The number of rotatable bonds is 6. The third kappa shape index (κ3) is 5.58. The van der Waals surface area contributed by atoms with E-state index in [-0.39, 0.29) is 6.61 Å². The van der Waals surface area contributed by atoms with Crippen molar-refractivity contribution in [1.82, 2.24) is 9.88 Å². The van der Waals surface area contributed by atoms with Gasteiger partial charge in [0.1, 0.15) is 0 Å². The van der Waals surface area contributed by atoms with Crippen LogP contribution in [0, 0.1) is 5.41 Å². The molecule has 0 saturated carbocycles. The second-order valence-electron chi connectivity index (χ2n) is 5.32. The predicted octanol–water partition coefficient (Wildman–Crippen LogP) is 2.37. The number of nitrogens with zero attached hydrogens (tertiary/aromatic N) is 2. The van der Waals surface area contributed by atoms with E-state index in [0.717, 1.165) is 26.1 Å². The first-order valence-corrected chi connectivity index (χ1v) is 6.60. The Morgan fingerprint density at radius 1 is 1.44 bits per heavy atom. The highest BCUT2D eigenvalue weighted by Gasteiger charge is 2.16. The topological polar surface area (TPSA) is 36.4 Å². The van der Waals surface area contributed by atoms with Crippen molar-refractivity contribution in [3.05, 3.63) is 16.6 Å². The number of aliphatic hydroxyl groups is 1. The van der Waals surface area contributed by atoms with Gasteiger partial charge in [0.15, 0.2) is 0 Å². The molecule has 0 bridgehead atoms. The summed E-state index contributed by atoms with van der Waals surface area (Å²) in [6.45, 7) is 9.94. The van der Waals surface area contributed by atoms with E-state index in [4.69, 9.17) is 5.11 Å². The summed E-state index contributed by atoms with van der Waals surface area (Å²) in [7, 11) is 0. The van der Waals surface area contributed by atoms with Gasteiger partial charge in [-0.25, -0.2) is 0 Å². The molecule has 0 aliphatic carbocycles. The van der Waals surface area contributed by atoms with Gasteiger partial charge < -0.3 is 5.11 Å². The Morgan fingerprint density at radius 2 is 2.19 bits per heavy atom. The minimum atomic E-state index is 0.267. The largest absolute Gasteiger partial charge is 0.396 e. The standard InChI is InChI=1S/C12H22N2OS/c1-12(2,3)9-14(5-4-6-15)8-11-7-13-10-16-11/h7,10,15H,4-6,8-9H2,1-3H3. The summed E-state index contributed by atoms with van der Waals surface area (Å²) >= 11 is 1.70. The van der Waals surface area contributed by atoms with Crippen molar-refractivity contribution < 1.29 is 5.11 Å². The number of aromatic nitrogens is 1. The lowest BCUT2D eigenvalue weighted by Crippen LogP contribution is -2.33.